The van der Waals surface area contributed by atoms with Crippen LogP contribution < -0.4 is 0 Å². The lowest BCUT2D eigenvalue weighted by atomic mass is 10.0. The van der Waals surface area contributed by atoms with Crippen molar-refractivity contribution in [2.24, 2.45) is 0 Å². The molecule has 98 valence electrons. The van der Waals surface area contributed by atoms with Gasteiger partial charge in [0.05, 0.1) is 25.4 Å². The largest absolute Gasteiger partial charge is 0.504 e. The zero-order valence-electron chi connectivity index (χ0n) is 10.8. The van der Waals surface area contributed by atoms with E-state index >= 15 is 0 Å². The molecule has 1 aromatic carbocycles. The summed E-state index contributed by atoms with van der Waals surface area (Å²) in [7, 11) is 1.44. The maximum atomic E-state index is 12.1. The van der Waals surface area contributed by atoms with Crippen LogP contribution in [0, 0.1) is 6.92 Å². The van der Waals surface area contributed by atoms with Gasteiger partial charge in [0.25, 0.3) is 0 Å². The minimum atomic E-state index is -0.299. The van der Waals surface area contributed by atoms with Gasteiger partial charge in [-0.25, -0.2) is 0 Å². The number of furan rings is 1. The molecule has 0 amide bonds. The Bertz CT molecular complexity index is 649. The number of fused-ring (bicyclic) bond motifs is 1. The molecule has 0 fully saturated rings. The third kappa shape index (κ3) is 2.91. The predicted molar refractivity (Wildman–Crippen MR) is 71.1 cm³/mol. The third-order valence-electron chi connectivity index (χ3n) is 2.69. The van der Waals surface area contributed by atoms with Crippen LogP contribution in [0.2, 0.25) is 0 Å². The number of Topliss-reactive ketones (excluding diaryl/α,β-unsaturated/α-hetero) is 1. The molecule has 2 rings (SSSR count). The van der Waals surface area contributed by atoms with Gasteiger partial charge >= 0.3 is 0 Å². The maximum absolute atomic E-state index is 12.1. The molecule has 0 spiro atoms. The zero-order chi connectivity index (χ0) is 13.8. The summed E-state index contributed by atoms with van der Waals surface area (Å²) in [6.45, 7) is 1.82. The van der Waals surface area contributed by atoms with Crippen LogP contribution in [0.1, 0.15) is 22.5 Å². The van der Waals surface area contributed by atoms with Gasteiger partial charge < -0.3 is 9.15 Å². The van der Waals surface area contributed by atoms with Crippen molar-refractivity contribution in [2.45, 2.75) is 13.3 Å². The summed E-state index contributed by atoms with van der Waals surface area (Å²) in [6, 6.07) is 7.18. The Morgan fingerprint density at radius 1 is 1.37 bits per heavy atom. The first-order valence-electron chi connectivity index (χ1n) is 5.86. The number of aryl methyl sites for hydroxylation is 1. The van der Waals surface area contributed by atoms with Crippen molar-refractivity contribution in [3.8, 4) is 0 Å². The number of carbonyl (C=O) groups excluding carboxylic acids is 2. The molecule has 0 bridgehead atoms. The molecule has 2 aromatic rings. The highest BCUT2D eigenvalue weighted by Crippen LogP contribution is 2.23. The molecule has 19 heavy (non-hydrogen) atoms. The average molecular weight is 258 g/mol. The summed E-state index contributed by atoms with van der Waals surface area (Å²) in [4.78, 5) is 23.6. The van der Waals surface area contributed by atoms with Crippen LogP contribution in [0.25, 0.3) is 11.0 Å². The van der Waals surface area contributed by atoms with E-state index < -0.39 is 0 Å². The van der Waals surface area contributed by atoms with Crippen LogP contribution >= 0.6 is 0 Å². The Hall–Kier alpha value is -2.36. The molecule has 4 nitrogen and oxygen atoms in total. The lowest BCUT2D eigenvalue weighted by molar-refractivity contribution is -0.113. The van der Waals surface area contributed by atoms with E-state index in [4.69, 9.17) is 4.42 Å². The molecule has 0 radical (unpaired) electrons. The van der Waals surface area contributed by atoms with Gasteiger partial charge in [-0.15, -0.1) is 0 Å². The minimum Gasteiger partial charge on any atom is -0.504 e. The van der Waals surface area contributed by atoms with Crippen molar-refractivity contribution in [1.82, 2.24) is 0 Å². The molecular formula is C15H14O4. The number of hydrogen-bond donors (Lipinski definition) is 0. The predicted octanol–water partition coefficient (Wildman–Crippen LogP) is 3.04. The molecule has 4 heteroatoms. The van der Waals surface area contributed by atoms with E-state index in [0.29, 0.717) is 11.1 Å². The summed E-state index contributed by atoms with van der Waals surface area (Å²) in [6.07, 6.45) is 2.30. The van der Waals surface area contributed by atoms with Gasteiger partial charge in [0, 0.05) is 11.5 Å². The van der Waals surface area contributed by atoms with Crippen molar-refractivity contribution in [3.05, 3.63) is 47.9 Å². The molecule has 0 atom stereocenters. The van der Waals surface area contributed by atoms with E-state index in [2.05, 4.69) is 4.74 Å². The molecule has 1 aromatic heterocycles. The number of ether oxygens (including phenoxy) is 1. The minimum absolute atomic E-state index is 0.196. The van der Waals surface area contributed by atoms with E-state index in [0.717, 1.165) is 11.1 Å². The van der Waals surface area contributed by atoms with Gasteiger partial charge in [0.1, 0.15) is 11.3 Å². The van der Waals surface area contributed by atoms with Gasteiger partial charge in [0.15, 0.2) is 11.6 Å². The number of allylic oxidation sites excluding steroid dienone is 1. The van der Waals surface area contributed by atoms with Crippen LogP contribution in [-0.2, 0) is 9.53 Å². The summed E-state index contributed by atoms with van der Waals surface area (Å²) < 4.78 is 10.2. The van der Waals surface area contributed by atoms with E-state index in [1.807, 2.05) is 19.1 Å². The van der Waals surface area contributed by atoms with Gasteiger partial charge in [-0.3, -0.25) is 9.59 Å². The fourth-order valence-corrected chi connectivity index (χ4v) is 1.87. The second-order valence-electron chi connectivity index (χ2n) is 4.19. The van der Waals surface area contributed by atoms with Crippen LogP contribution in [0.5, 0.6) is 0 Å². The monoisotopic (exact) mass is 258 g/mol. The van der Waals surface area contributed by atoms with Crippen molar-refractivity contribution in [1.29, 1.82) is 0 Å². The molecule has 0 aliphatic carbocycles. The van der Waals surface area contributed by atoms with Crippen molar-refractivity contribution in [2.75, 3.05) is 7.11 Å². The highest BCUT2D eigenvalue weighted by atomic mass is 16.5. The second-order valence-corrected chi connectivity index (χ2v) is 4.19. The van der Waals surface area contributed by atoms with Gasteiger partial charge in [-0.05, 0) is 19.1 Å². The number of rotatable bonds is 5. The first kappa shape index (κ1) is 13.1. The topological polar surface area (TPSA) is 56.5 Å². The summed E-state index contributed by atoms with van der Waals surface area (Å²) in [5, 5.41) is 0.864. The molecule has 1 heterocycles. The molecule has 0 aliphatic heterocycles. The normalized spacial score (nSPS) is 11.1. The van der Waals surface area contributed by atoms with E-state index in [9.17, 15) is 9.59 Å². The smallest absolute Gasteiger partial charge is 0.174 e. The lowest BCUT2D eigenvalue weighted by Crippen LogP contribution is -2.06. The fourth-order valence-electron chi connectivity index (χ4n) is 1.87. The van der Waals surface area contributed by atoms with Gasteiger partial charge in [-0.2, -0.15) is 0 Å². The number of benzene rings is 1. The number of ketones is 2. The highest BCUT2D eigenvalue weighted by molar-refractivity contribution is 6.15. The summed E-state index contributed by atoms with van der Waals surface area (Å²) in [5.74, 6) is 0.179. The molecule has 0 saturated heterocycles. The summed E-state index contributed by atoms with van der Waals surface area (Å²) in [5.41, 5.74) is 0.971. The molecular weight excluding hydrogens is 244 g/mol. The Kier molecular flexibility index (Phi) is 3.80. The first-order chi connectivity index (χ1) is 9.11. The molecule has 0 saturated carbocycles. The van der Waals surface area contributed by atoms with Crippen molar-refractivity contribution in [3.63, 3.8) is 0 Å². The van der Waals surface area contributed by atoms with Gasteiger partial charge in [-0.1, -0.05) is 12.1 Å². The molecule has 0 unspecified atom stereocenters. The van der Waals surface area contributed by atoms with Crippen LogP contribution in [0.15, 0.2) is 41.0 Å². The lowest BCUT2D eigenvalue weighted by Gasteiger charge is -1.99. The van der Waals surface area contributed by atoms with E-state index in [-0.39, 0.29) is 18.0 Å². The Labute approximate surface area is 110 Å². The quantitative estimate of drug-likeness (QED) is 0.358. The summed E-state index contributed by atoms with van der Waals surface area (Å²) >= 11 is 0. The van der Waals surface area contributed by atoms with Crippen molar-refractivity contribution >= 4 is 22.5 Å². The zero-order valence-corrected chi connectivity index (χ0v) is 10.8. The molecule has 0 N–H and O–H groups in total. The Balaban J connectivity index is 2.26. The Morgan fingerprint density at radius 3 is 2.89 bits per heavy atom. The number of para-hydroxylation sites is 1. The third-order valence-corrected chi connectivity index (χ3v) is 2.69. The number of methoxy groups -OCH3 is 1. The highest BCUT2D eigenvalue weighted by Gasteiger charge is 2.15. The van der Waals surface area contributed by atoms with E-state index in [1.54, 1.807) is 12.1 Å². The maximum Gasteiger partial charge on any atom is 0.174 e. The SMILES string of the molecule is COC=CC(=O)CC(=O)c1cccc2cc(C)oc12. The van der Waals surface area contributed by atoms with E-state index in [1.165, 1.54) is 19.4 Å². The van der Waals surface area contributed by atoms with Crippen LogP contribution in [0.4, 0.5) is 0 Å². The standard InChI is InChI=1S/C15H14O4/c1-10-8-11-4-3-5-13(15(11)19-10)14(17)9-12(16)6-7-18-2/h3-8H,9H2,1-2H3. The fraction of sp³-hybridized carbons (Fsp3) is 0.200. The van der Waals surface area contributed by atoms with Crippen LogP contribution in [-0.4, -0.2) is 18.7 Å². The number of carbonyl (C=O) groups is 2. The molecule has 0 aliphatic rings. The number of hydrogen-bond acceptors (Lipinski definition) is 4. The second kappa shape index (κ2) is 5.52. The van der Waals surface area contributed by atoms with Gasteiger partial charge in [0.2, 0.25) is 0 Å². The Morgan fingerprint density at radius 2 is 2.16 bits per heavy atom. The van der Waals surface area contributed by atoms with Crippen LogP contribution in [0.3, 0.4) is 0 Å². The van der Waals surface area contributed by atoms with Crippen molar-refractivity contribution < 1.29 is 18.7 Å². The first-order valence-corrected chi connectivity index (χ1v) is 5.86. The average Bonchev–Trinajstić information content (AvgIpc) is 2.75.